The zero-order chi connectivity index (χ0) is 9.14. The second kappa shape index (κ2) is 3.70. The van der Waals surface area contributed by atoms with Crippen LogP contribution < -0.4 is 5.73 Å². The van der Waals surface area contributed by atoms with Crippen LogP contribution in [-0.4, -0.2) is 0 Å². The number of nitrogens with two attached hydrogens (primary N) is 1. The highest BCUT2D eigenvalue weighted by atomic mass is 35.5. The monoisotopic (exact) mass is 198 g/mol. The quantitative estimate of drug-likeness (QED) is 0.429. The predicted molar refractivity (Wildman–Crippen MR) is 52.1 cm³/mol. The lowest BCUT2D eigenvalue weighted by Crippen LogP contribution is -1.89. The van der Waals surface area contributed by atoms with Crippen molar-refractivity contribution < 1.29 is 0 Å². The van der Waals surface area contributed by atoms with Gasteiger partial charge in [0.05, 0.1) is 5.02 Å². The molecule has 1 aromatic rings. The maximum atomic E-state index is 8.43. The van der Waals surface area contributed by atoms with Crippen molar-refractivity contribution in [2.75, 3.05) is 5.73 Å². The fraction of sp³-hybridized carbons (Fsp3) is 0.125. The maximum Gasteiger partial charge on any atom is 0.138 e. The Morgan fingerprint density at radius 2 is 2.25 bits per heavy atom. The molecule has 0 aliphatic rings. The average Bonchev–Trinajstić information content (AvgIpc) is 2.01. The Labute approximate surface area is 80.3 Å². The van der Waals surface area contributed by atoms with E-state index < -0.39 is 0 Å². The van der Waals surface area contributed by atoms with Crippen LogP contribution in [0.25, 0.3) is 0 Å². The van der Waals surface area contributed by atoms with Crippen molar-refractivity contribution >= 4 is 29.1 Å². The molecule has 0 spiro atoms. The van der Waals surface area contributed by atoms with E-state index in [0.29, 0.717) is 10.7 Å². The van der Waals surface area contributed by atoms with Gasteiger partial charge in [-0.2, -0.15) is 5.26 Å². The minimum absolute atomic E-state index is 0.532. The number of nitriles is 1. The van der Waals surface area contributed by atoms with Crippen LogP contribution >= 0.6 is 23.4 Å². The molecule has 1 rings (SSSR count). The van der Waals surface area contributed by atoms with Gasteiger partial charge in [0.15, 0.2) is 0 Å². The number of halogens is 1. The Bertz CT molecular complexity index is 344. The molecule has 2 nitrogen and oxygen atoms in total. The van der Waals surface area contributed by atoms with Crippen LogP contribution in [0.3, 0.4) is 0 Å². The van der Waals surface area contributed by atoms with Crippen molar-refractivity contribution in [2.45, 2.75) is 11.8 Å². The minimum Gasteiger partial charge on any atom is -0.398 e. The zero-order valence-corrected chi connectivity index (χ0v) is 8.04. The fourth-order valence-corrected chi connectivity index (χ4v) is 1.58. The van der Waals surface area contributed by atoms with E-state index in [0.717, 1.165) is 22.2 Å². The molecule has 0 saturated carbocycles. The van der Waals surface area contributed by atoms with Crippen LogP contribution in [-0.2, 0) is 0 Å². The highest BCUT2D eigenvalue weighted by molar-refractivity contribution is 8.03. The molecule has 0 aromatic heterocycles. The lowest BCUT2D eigenvalue weighted by Gasteiger charge is -2.03. The third-order valence-corrected chi connectivity index (χ3v) is 2.55. The Balaban J connectivity index is 3.16. The van der Waals surface area contributed by atoms with Gasteiger partial charge in [-0.05, 0) is 36.4 Å². The summed E-state index contributed by atoms with van der Waals surface area (Å²) in [6.07, 6.45) is 0. The molecule has 0 heterocycles. The van der Waals surface area contributed by atoms with Crippen molar-refractivity contribution in [2.24, 2.45) is 0 Å². The Hall–Kier alpha value is -0.850. The molecule has 0 bridgehead atoms. The van der Waals surface area contributed by atoms with Crippen LogP contribution in [0, 0.1) is 17.6 Å². The molecule has 0 amide bonds. The van der Waals surface area contributed by atoms with Gasteiger partial charge in [-0.1, -0.05) is 11.6 Å². The fourth-order valence-electron chi connectivity index (χ4n) is 0.798. The molecule has 62 valence electrons. The molecule has 1 aromatic carbocycles. The van der Waals surface area contributed by atoms with Gasteiger partial charge in [-0.25, -0.2) is 0 Å². The summed E-state index contributed by atoms with van der Waals surface area (Å²) in [6, 6.07) is 3.47. The standard InChI is InChI=1S/C8H7ClN2S/c1-5-2-8(12-4-10)6(9)3-7(5)11/h2-3H,11H2,1H3. The van der Waals surface area contributed by atoms with E-state index in [-0.39, 0.29) is 0 Å². The van der Waals surface area contributed by atoms with Crippen molar-refractivity contribution in [1.82, 2.24) is 0 Å². The van der Waals surface area contributed by atoms with Crippen LogP contribution in [0.4, 0.5) is 5.69 Å². The summed E-state index contributed by atoms with van der Waals surface area (Å²) in [6.45, 7) is 1.88. The first-order valence-corrected chi connectivity index (χ1v) is 4.46. The van der Waals surface area contributed by atoms with E-state index in [1.54, 1.807) is 6.07 Å². The minimum atomic E-state index is 0.532. The largest absolute Gasteiger partial charge is 0.398 e. The highest BCUT2D eigenvalue weighted by Gasteiger charge is 2.03. The van der Waals surface area contributed by atoms with Crippen molar-refractivity contribution in [3.63, 3.8) is 0 Å². The number of rotatable bonds is 1. The maximum absolute atomic E-state index is 8.43. The lowest BCUT2D eigenvalue weighted by molar-refractivity contribution is 1.37. The number of nitrogens with zero attached hydrogens (tertiary/aromatic N) is 1. The number of thioether (sulfide) groups is 1. The average molecular weight is 199 g/mol. The molecule has 4 heteroatoms. The molecule has 2 N–H and O–H groups in total. The molecule has 0 atom stereocenters. The molecular weight excluding hydrogens is 192 g/mol. The zero-order valence-electron chi connectivity index (χ0n) is 6.47. The van der Waals surface area contributed by atoms with Crippen molar-refractivity contribution in [1.29, 1.82) is 5.26 Å². The van der Waals surface area contributed by atoms with Crippen LogP contribution in [0.2, 0.25) is 5.02 Å². The first-order valence-electron chi connectivity index (χ1n) is 3.26. The van der Waals surface area contributed by atoms with Gasteiger partial charge in [0, 0.05) is 10.6 Å². The number of nitrogen functional groups attached to an aromatic ring is 1. The number of hydrogen-bond donors (Lipinski definition) is 1. The van der Waals surface area contributed by atoms with E-state index in [1.165, 1.54) is 0 Å². The van der Waals surface area contributed by atoms with E-state index in [1.807, 2.05) is 18.4 Å². The van der Waals surface area contributed by atoms with Gasteiger partial charge in [0.25, 0.3) is 0 Å². The van der Waals surface area contributed by atoms with Gasteiger partial charge >= 0.3 is 0 Å². The molecular formula is C8H7ClN2S. The number of hydrogen-bond acceptors (Lipinski definition) is 3. The molecule has 0 unspecified atom stereocenters. The molecule has 0 fully saturated rings. The third-order valence-electron chi connectivity index (χ3n) is 1.48. The second-order valence-corrected chi connectivity index (χ2v) is 3.57. The summed E-state index contributed by atoms with van der Waals surface area (Å²) < 4.78 is 0. The Kier molecular flexibility index (Phi) is 2.85. The van der Waals surface area contributed by atoms with E-state index >= 15 is 0 Å². The predicted octanol–water partition coefficient (Wildman–Crippen LogP) is 2.80. The van der Waals surface area contributed by atoms with Gasteiger partial charge in [-0.3, -0.25) is 0 Å². The topological polar surface area (TPSA) is 49.8 Å². The van der Waals surface area contributed by atoms with Crippen LogP contribution in [0.1, 0.15) is 5.56 Å². The van der Waals surface area contributed by atoms with E-state index in [2.05, 4.69) is 0 Å². The summed E-state index contributed by atoms with van der Waals surface area (Å²) in [7, 11) is 0. The van der Waals surface area contributed by atoms with Gasteiger partial charge < -0.3 is 5.73 Å². The molecule has 0 aliphatic heterocycles. The van der Waals surface area contributed by atoms with E-state index in [9.17, 15) is 0 Å². The van der Waals surface area contributed by atoms with E-state index in [4.69, 9.17) is 22.6 Å². The number of anilines is 1. The summed E-state index contributed by atoms with van der Waals surface area (Å²) >= 11 is 6.87. The number of thiocyanates is 1. The number of aryl methyl sites for hydroxylation is 1. The van der Waals surface area contributed by atoms with Crippen molar-refractivity contribution in [3.8, 4) is 5.40 Å². The third kappa shape index (κ3) is 1.84. The lowest BCUT2D eigenvalue weighted by atomic mass is 10.2. The molecule has 0 saturated heterocycles. The first kappa shape index (κ1) is 9.24. The summed E-state index contributed by atoms with van der Waals surface area (Å²) in [4.78, 5) is 0.755. The summed E-state index contributed by atoms with van der Waals surface area (Å²) in [5, 5.41) is 10.9. The highest BCUT2D eigenvalue weighted by Crippen LogP contribution is 2.30. The van der Waals surface area contributed by atoms with Gasteiger partial charge in [0.1, 0.15) is 5.40 Å². The number of benzene rings is 1. The Morgan fingerprint density at radius 3 is 2.83 bits per heavy atom. The normalized spacial score (nSPS) is 9.42. The molecule has 12 heavy (non-hydrogen) atoms. The first-order chi connectivity index (χ1) is 5.65. The van der Waals surface area contributed by atoms with Gasteiger partial charge in [0.2, 0.25) is 0 Å². The van der Waals surface area contributed by atoms with Gasteiger partial charge in [-0.15, -0.1) is 0 Å². The summed E-state index contributed by atoms with van der Waals surface area (Å²) in [5.41, 5.74) is 7.21. The second-order valence-electron chi connectivity index (χ2n) is 2.33. The molecule has 0 aliphatic carbocycles. The van der Waals surface area contributed by atoms with Crippen LogP contribution in [0.15, 0.2) is 17.0 Å². The smallest absolute Gasteiger partial charge is 0.138 e. The Morgan fingerprint density at radius 1 is 1.58 bits per heavy atom. The summed E-state index contributed by atoms with van der Waals surface area (Å²) in [5.74, 6) is 0. The molecule has 0 radical (unpaired) electrons. The SMILES string of the molecule is Cc1cc(SC#N)c(Cl)cc1N. The van der Waals surface area contributed by atoms with Crippen molar-refractivity contribution in [3.05, 3.63) is 22.7 Å². The van der Waals surface area contributed by atoms with Crippen LogP contribution in [0.5, 0.6) is 0 Å².